The molecular formula is C21H26ClNO5S. The molecule has 2 aromatic heterocycles. The highest BCUT2D eigenvalue weighted by molar-refractivity contribution is 7.08. The van der Waals surface area contributed by atoms with E-state index in [1.165, 1.54) is 17.4 Å². The van der Waals surface area contributed by atoms with Crippen LogP contribution in [0.1, 0.15) is 48.7 Å². The number of ether oxygens (including phenoxy) is 3. The number of methoxy groups -OCH3 is 1. The number of allylic oxidation sites excluding steroid dienone is 1. The van der Waals surface area contributed by atoms with Crippen molar-refractivity contribution < 1.29 is 23.8 Å². The molecule has 29 heavy (non-hydrogen) atoms. The molecule has 2 rings (SSSR count). The lowest BCUT2D eigenvalue weighted by atomic mass is 10.2. The van der Waals surface area contributed by atoms with Crippen molar-refractivity contribution >= 4 is 41.6 Å². The summed E-state index contributed by atoms with van der Waals surface area (Å²) in [5.74, 6) is 0.883. The summed E-state index contributed by atoms with van der Waals surface area (Å²) >= 11 is 1.48. The van der Waals surface area contributed by atoms with Gasteiger partial charge < -0.3 is 14.2 Å². The molecule has 0 aliphatic heterocycles. The van der Waals surface area contributed by atoms with Gasteiger partial charge in [-0.15, -0.1) is 12.4 Å². The molecule has 2 aromatic rings. The van der Waals surface area contributed by atoms with Crippen molar-refractivity contribution in [3.05, 3.63) is 46.4 Å². The summed E-state index contributed by atoms with van der Waals surface area (Å²) in [5.41, 5.74) is 1.27. The van der Waals surface area contributed by atoms with Gasteiger partial charge in [-0.05, 0) is 49.8 Å². The van der Waals surface area contributed by atoms with Crippen LogP contribution in [0.2, 0.25) is 0 Å². The summed E-state index contributed by atoms with van der Waals surface area (Å²) in [7, 11) is 1.55. The highest BCUT2D eigenvalue weighted by Gasteiger charge is 2.07. The van der Waals surface area contributed by atoms with Crippen LogP contribution in [0.4, 0.5) is 0 Å². The predicted octanol–water partition coefficient (Wildman–Crippen LogP) is 4.97. The number of halogens is 1. The molecule has 6 nitrogen and oxygen atoms in total. The maximum Gasteiger partial charge on any atom is 0.305 e. The van der Waals surface area contributed by atoms with E-state index < -0.39 is 0 Å². The van der Waals surface area contributed by atoms with Crippen LogP contribution >= 0.6 is 23.7 Å². The fraction of sp³-hybridized carbons (Fsp3) is 0.381. The lowest BCUT2D eigenvalue weighted by Gasteiger charge is -2.11. The van der Waals surface area contributed by atoms with Crippen molar-refractivity contribution in [1.82, 2.24) is 4.98 Å². The van der Waals surface area contributed by atoms with Crippen LogP contribution in [0.25, 0.3) is 6.08 Å². The Kier molecular flexibility index (Phi) is 11.7. The number of hydrogen-bond donors (Lipinski definition) is 0. The number of carbonyl (C=O) groups excluding carboxylic acids is 2. The van der Waals surface area contributed by atoms with Gasteiger partial charge in [0.05, 0.1) is 32.2 Å². The van der Waals surface area contributed by atoms with Gasteiger partial charge in [0, 0.05) is 23.4 Å². The normalized spacial score (nSPS) is 10.4. The molecule has 0 unspecified atom stereocenters. The monoisotopic (exact) mass is 439 g/mol. The van der Waals surface area contributed by atoms with E-state index in [4.69, 9.17) is 14.2 Å². The molecule has 158 valence electrons. The Bertz CT molecular complexity index is 792. The number of ketones is 1. The molecule has 0 amide bonds. The van der Waals surface area contributed by atoms with Crippen molar-refractivity contribution in [1.29, 1.82) is 0 Å². The summed E-state index contributed by atoms with van der Waals surface area (Å²) in [6, 6.07) is 3.53. The average Bonchev–Trinajstić information content (AvgIpc) is 3.24. The number of hydrogen-bond acceptors (Lipinski definition) is 7. The quantitative estimate of drug-likeness (QED) is 0.201. The Morgan fingerprint density at radius 1 is 1.21 bits per heavy atom. The summed E-state index contributed by atoms with van der Waals surface area (Å²) < 4.78 is 16.0. The van der Waals surface area contributed by atoms with Crippen LogP contribution in [0, 0.1) is 0 Å². The second kappa shape index (κ2) is 13.7. The third kappa shape index (κ3) is 8.66. The Morgan fingerprint density at radius 3 is 2.72 bits per heavy atom. The zero-order valence-corrected chi connectivity index (χ0v) is 18.2. The molecule has 0 aliphatic rings. The highest BCUT2D eigenvalue weighted by Crippen LogP contribution is 2.27. The fourth-order valence-corrected chi connectivity index (χ4v) is 3.07. The first-order valence-electron chi connectivity index (χ1n) is 9.21. The summed E-state index contributed by atoms with van der Waals surface area (Å²) in [4.78, 5) is 27.6. The van der Waals surface area contributed by atoms with E-state index in [9.17, 15) is 9.59 Å². The zero-order chi connectivity index (χ0) is 20.2. The molecule has 0 aromatic carbocycles. The van der Waals surface area contributed by atoms with Crippen molar-refractivity contribution in [2.45, 2.75) is 32.6 Å². The summed E-state index contributed by atoms with van der Waals surface area (Å²) in [6.07, 6.45) is 7.61. The average molecular weight is 440 g/mol. The van der Waals surface area contributed by atoms with E-state index in [0.717, 1.165) is 19.3 Å². The van der Waals surface area contributed by atoms with Gasteiger partial charge in [0.15, 0.2) is 17.3 Å². The zero-order valence-electron chi connectivity index (χ0n) is 16.6. The van der Waals surface area contributed by atoms with Gasteiger partial charge in [-0.25, -0.2) is 0 Å². The number of pyridine rings is 1. The summed E-state index contributed by atoms with van der Waals surface area (Å²) in [5, 5.41) is 3.68. The molecule has 0 N–H and O–H groups in total. The Hall–Kier alpha value is -2.38. The first-order chi connectivity index (χ1) is 13.6. The largest absolute Gasteiger partial charge is 0.491 e. The number of rotatable bonds is 12. The van der Waals surface area contributed by atoms with Crippen LogP contribution in [-0.4, -0.2) is 37.1 Å². The lowest BCUT2D eigenvalue weighted by Crippen LogP contribution is -2.04. The van der Waals surface area contributed by atoms with Crippen molar-refractivity contribution in [3.63, 3.8) is 0 Å². The molecule has 0 spiro atoms. The van der Waals surface area contributed by atoms with Gasteiger partial charge in [0.2, 0.25) is 0 Å². The van der Waals surface area contributed by atoms with Crippen molar-refractivity contribution in [2.75, 3.05) is 20.3 Å². The van der Waals surface area contributed by atoms with E-state index in [0.29, 0.717) is 42.4 Å². The number of esters is 1. The van der Waals surface area contributed by atoms with Gasteiger partial charge in [0.25, 0.3) is 0 Å². The van der Waals surface area contributed by atoms with Crippen LogP contribution in [-0.2, 0) is 9.53 Å². The molecule has 0 saturated heterocycles. The van der Waals surface area contributed by atoms with Gasteiger partial charge in [-0.3, -0.25) is 14.6 Å². The first-order valence-corrected chi connectivity index (χ1v) is 10.2. The van der Waals surface area contributed by atoms with Gasteiger partial charge in [0.1, 0.15) is 0 Å². The third-order valence-electron chi connectivity index (χ3n) is 3.87. The molecule has 0 fully saturated rings. The first kappa shape index (κ1) is 24.7. The molecule has 0 aliphatic carbocycles. The van der Waals surface area contributed by atoms with Crippen LogP contribution in [0.5, 0.6) is 11.5 Å². The van der Waals surface area contributed by atoms with E-state index in [1.54, 1.807) is 38.4 Å². The van der Waals surface area contributed by atoms with Gasteiger partial charge in [-0.1, -0.05) is 0 Å². The number of unbranched alkanes of at least 4 members (excludes halogenated alkanes) is 2. The Labute approximate surface area is 181 Å². The highest BCUT2D eigenvalue weighted by atomic mass is 35.5. The predicted molar refractivity (Wildman–Crippen MR) is 116 cm³/mol. The second-order valence-electron chi connectivity index (χ2n) is 5.93. The Balaban J connectivity index is 0.00000420. The minimum absolute atomic E-state index is 0. The third-order valence-corrected chi connectivity index (χ3v) is 4.56. The number of thiophene rings is 1. The maximum absolute atomic E-state index is 12.1. The number of aromatic nitrogens is 1. The molecule has 0 bridgehead atoms. The molecular weight excluding hydrogens is 414 g/mol. The SMILES string of the molecule is CCOC(=O)CCCCCOc1cc(/C=C/C(=O)c2ccsc2)ncc1OC.Cl. The van der Waals surface area contributed by atoms with Crippen LogP contribution in [0.15, 0.2) is 35.2 Å². The van der Waals surface area contributed by atoms with E-state index in [1.807, 2.05) is 10.8 Å². The van der Waals surface area contributed by atoms with Crippen LogP contribution in [0.3, 0.4) is 0 Å². The molecule has 0 saturated carbocycles. The minimum atomic E-state index is -0.160. The lowest BCUT2D eigenvalue weighted by molar-refractivity contribution is -0.143. The standard InChI is InChI=1S/C21H25NO5S.ClH/c1-3-26-21(24)7-5-4-6-11-27-19-13-17(22-14-20(19)25-2)8-9-18(23)16-10-12-28-15-16;/h8-10,12-15H,3-7,11H2,1-2H3;1H/b9-8+;. The van der Waals surface area contributed by atoms with Crippen molar-refractivity contribution in [3.8, 4) is 11.5 Å². The van der Waals surface area contributed by atoms with E-state index in [2.05, 4.69) is 4.98 Å². The fourth-order valence-electron chi connectivity index (χ4n) is 2.42. The maximum atomic E-state index is 12.1. The van der Waals surface area contributed by atoms with Crippen LogP contribution < -0.4 is 9.47 Å². The van der Waals surface area contributed by atoms with E-state index in [-0.39, 0.29) is 24.2 Å². The van der Waals surface area contributed by atoms with Gasteiger partial charge in [-0.2, -0.15) is 11.3 Å². The molecule has 0 radical (unpaired) electrons. The second-order valence-corrected chi connectivity index (χ2v) is 6.71. The van der Waals surface area contributed by atoms with Crippen molar-refractivity contribution in [2.24, 2.45) is 0 Å². The summed E-state index contributed by atoms with van der Waals surface area (Å²) in [6.45, 7) is 2.72. The smallest absolute Gasteiger partial charge is 0.305 e. The number of nitrogens with zero attached hydrogens (tertiary/aromatic N) is 1. The van der Waals surface area contributed by atoms with E-state index >= 15 is 0 Å². The minimum Gasteiger partial charge on any atom is -0.491 e. The molecule has 8 heteroatoms. The van der Waals surface area contributed by atoms with Gasteiger partial charge >= 0.3 is 5.97 Å². The molecule has 2 heterocycles. The molecule has 0 atom stereocenters. The topological polar surface area (TPSA) is 74.7 Å². The Morgan fingerprint density at radius 2 is 2.03 bits per heavy atom. The number of carbonyl (C=O) groups is 2.